The van der Waals surface area contributed by atoms with E-state index in [1.165, 1.54) is 0 Å². The van der Waals surface area contributed by atoms with E-state index in [1.54, 1.807) is 0 Å². The SMILES string of the molecule is Nc1cccc(N2CCN(C(=O)C3CCOC3)CC2)c1. The van der Waals surface area contributed by atoms with Crippen LogP contribution in [0.5, 0.6) is 0 Å². The Morgan fingerprint density at radius 1 is 1.25 bits per heavy atom. The molecule has 1 atom stereocenters. The van der Waals surface area contributed by atoms with Crippen molar-refractivity contribution < 1.29 is 9.53 Å². The number of nitrogen functional groups attached to an aromatic ring is 1. The number of carbonyl (C=O) groups excluding carboxylic acids is 1. The first-order valence-electron chi connectivity index (χ1n) is 7.21. The lowest BCUT2D eigenvalue weighted by atomic mass is 10.1. The molecule has 1 amide bonds. The van der Waals surface area contributed by atoms with Crippen LogP contribution in [0.25, 0.3) is 0 Å². The van der Waals surface area contributed by atoms with Gasteiger partial charge in [0.2, 0.25) is 5.91 Å². The Morgan fingerprint density at radius 3 is 2.70 bits per heavy atom. The predicted octanol–water partition coefficient (Wildman–Crippen LogP) is 0.954. The Labute approximate surface area is 119 Å². The monoisotopic (exact) mass is 275 g/mol. The second-order valence-corrected chi connectivity index (χ2v) is 5.47. The summed E-state index contributed by atoms with van der Waals surface area (Å²) in [7, 11) is 0. The molecule has 0 aromatic heterocycles. The van der Waals surface area contributed by atoms with Gasteiger partial charge in [0.05, 0.1) is 12.5 Å². The van der Waals surface area contributed by atoms with Crippen molar-refractivity contribution in [1.82, 2.24) is 4.90 Å². The molecule has 5 heteroatoms. The molecule has 0 saturated carbocycles. The van der Waals surface area contributed by atoms with E-state index in [0.29, 0.717) is 6.61 Å². The number of nitrogens with two attached hydrogens (primary N) is 1. The summed E-state index contributed by atoms with van der Waals surface area (Å²) in [5, 5.41) is 0. The van der Waals surface area contributed by atoms with Crippen LogP contribution in [0.1, 0.15) is 6.42 Å². The van der Waals surface area contributed by atoms with Crippen molar-refractivity contribution in [3.8, 4) is 0 Å². The Morgan fingerprint density at radius 2 is 2.05 bits per heavy atom. The van der Waals surface area contributed by atoms with E-state index in [9.17, 15) is 4.79 Å². The first-order valence-corrected chi connectivity index (χ1v) is 7.21. The number of hydrogen-bond acceptors (Lipinski definition) is 4. The second kappa shape index (κ2) is 5.71. The largest absolute Gasteiger partial charge is 0.399 e. The van der Waals surface area contributed by atoms with Gasteiger partial charge in [0.25, 0.3) is 0 Å². The molecule has 108 valence electrons. The number of rotatable bonds is 2. The van der Waals surface area contributed by atoms with E-state index >= 15 is 0 Å². The Bertz CT molecular complexity index is 478. The molecule has 0 radical (unpaired) electrons. The number of benzene rings is 1. The highest BCUT2D eigenvalue weighted by Gasteiger charge is 2.30. The summed E-state index contributed by atoms with van der Waals surface area (Å²) in [6.07, 6.45) is 0.869. The van der Waals surface area contributed by atoms with Gasteiger partial charge in [-0.2, -0.15) is 0 Å². The molecule has 2 saturated heterocycles. The minimum Gasteiger partial charge on any atom is -0.399 e. The average molecular weight is 275 g/mol. The van der Waals surface area contributed by atoms with Crippen molar-refractivity contribution in [2.45, 2.75) is 6.42 Å². The highest BCUT2D eigenvalue weighted by Crippen LogP contribution is 2.21. The van der Waals surface area contributed by atoms with E-state index in [-0.39, 0.29) is 11.8 Å². The van der Waals surface area contributed by atoms with Crippen LogP contribution in [0.4, 0.5) is 11.4 Å². The summed E-state index contributed by atoms with van der Waals surface area (Å²) in [6, 6.07) is 7.92. The normalized spacial score (nSPS) is 23.1. The number of ether oxygens (including phenoxy) is 1. The lowest BCUT2D eigenvalue weighted by molar-refractivity contribution is -0.135. The van der Waals surface area contributed by atoms with Crippen LogP contribution in [-0.2, 0) is 9.53 Å². The predicted molar refractivity (Wildman–Crippen MR) is 78.6 cm³/mol. The summed E-state index contributed by atoms with van der Waals surface area (Å²) < 4.78 is 5.30. The molecule has 0 spiro atoms. The molecular formula is C15H21N3O2. The maximum Gasteiger partial charge on any atom is 0.228 e. The second-order valence-electron chi connectivity index (χ2n) is 5.47. The molecule has 2 fully saturated rings. The van der Waals surface area contributed by atoms with Gasteiger partial charge in [-0.05, 0) is 24.6 Å². The molecule has 0 bridgehead atoms. The van der Waals surface area contributed by atoms with E-state index in [0.717, 1.165) is 50.6 Å². The zero-order valence-corrected chi connectivity index (χ0v) is 11.6. The molecule has 1 aromatic rings. The van der Waals surface area contributed by atoms with Gasteiger partial charge < -0.3 is 20.3 Å². The van der Waals surface area contributed by atoms with Crippen LogP contribution in [0, 0.1) is 5.92 Å². The van der Waals surface area contributed by atoms with Gasteiger partial charge in [-0.15, -0.1) is 0 Å². The Hall–Kier alpha value is -1.75. The topological polar surface area (TPSA) is 58.8 Å². The Balaban J connectivity index is 1.58. The van der Waals surface area contributed by atoms with Crippen molar-refractivity contribution in [3.05, 3.63) is 24.3 Å². The summed E-state index contributed by atoms with van der Waals surface area (Å²) >= 11 is 0. The van der Waals surface area contributed by atoms with Gasteiger partial charge in [-0.25, -0.2) is 0 Å². The molecule has 3 rings (SSSR count). The average Bonchev–Trinajstić information content (AvgIpc) is 3.01. The lowest BCUT2D eigenvalue weighted by Gasteiger charge is -2.37. The number of nitrogens with zero attached hydrogens (tertiary/aromatic N) is 2. The molecule has 20 heavy (non-hydrogen) atoms. The maximum atomic E-state index is 12.3. The van der Waals surface area contributed by atoms with Gasteiger partial charge in [0.15, 0.2) is 0 Å². The molecule has 2 heterocycles. The minimum absolute atomic E-state index is 0.0777. The first-order chi connectivity index (χ1) is 9.74. The van der Waals surface area contributed by atoms with Crippen molar-refractivity contribution in [2.24, 2.45) is 5.92 Å². The van der Waals surface area contributed by atoms with E-state index in [4.69, 9.17) is 10.5 Å². The highest BCUT2D eigenvalue weighted by molar-refractivity contribution is 5.79. The smallest absolute Gasteiger partial charge is 0.228 e. The fraction of sp³-hybridized carbons (Fsp3) is 0.533. The van der Waals surface area contributed by atoms with Gasteiger partial charge in [0, 0.05) is 44.2 Å². The quantitative estimate of drug-likeness (QED) is 0.817. The van der Waals surface area contributed by atoms with Crippen LogP contribution in [0.2, 0.25) is 0 Å². The summed E-state index contributed by atoms with van der Waals surface area (Å²) in [4.78, 5) is 16.6. The fourth-order valence-corrected chi connectivity index (χ4v) is 2.89. The Kier molecular flexibility index (Phi) is 3.78. The van der Waals surface area contributed by atoms with Gasteiger partial charge in [-0.1, -0.05) is 6.07 Å². The number of carbonyl (C=O) groups is 1. The first kappa shape index (κ1) is 13.2. The van der Waals surface area contributed by atoms with Crippen LogP contribution >= 0.6 is 0 Å². The number of amides is 1. The number of anilines is 2. The van der Waals surface area contributed by atoms with Crippen molar-refractivity contribution in [3.63, 3.8) is 0 Å². The molecule has 2 aliphatic heterocycles. The molecule has 5 nitrogen and oxygen atoms in total. The molecule has 2 aliphatic rings. The molecular weight excluding hydrogens is 254 g/mol. The minimum atomic E-state index is 0.0777. The van der Waals surface area contributed by atoms with Gasteiger partial charge in [0.1, 0.15) is 0 Å². The standard InChI is InChI=1S/C15H21N3O2/c16-13-2-1-3-14(10-13)17-5-7-18(8-6-17)15(19)12-4-9-20-11-12/h1-3,10,12H,4-9,11,16H2. The summed E-state index contributed by atoms with van der Waals surface area (Å²) in [5.74, 6) is 0.337. The fourth-order valence-electron chi connectivity index (χ4n) is 2.89. The van der Waals surface area contributed by atoms with Crippen molar-refractivity contribution in [1.29, 1.82) is 0 Å². The summed E-state index contributed by atoms with van der Waals surface area (Å²) in [5.41, 5.74) is 7.74. The molecule has 1 aromatic carbocycles. The van der Waals surface area contributed by atoms with Crippen LogP contribution < -0.4 is 10.6 Å². The zero-order chi connectivity index (χ0) is 13.9. The van der Waals surface area contributed by atoms with Crippen LogP contribution in [0.3, 0.4) is 0 Å². The van der Waals surface area contributed by atoms with Gasteiger partial charge >= 0.3 is 0 Å². The van der Waals surface area contributed by atoms with E-state index in [1.807, 2.05) is 23.1 Å². The van der Waals surface area contributed by atoms with Gasteiger partial charge in [-0.3, -0.25) is 4.79 Å². The molecule has 1 unspecified atom stereocenters. The van der Waals surface area contributed by atoms with Crippen LogP contribution in [-0.4, -0.2) is 50.2 Å². The maximum absolute atomic E-state index is 12.3. The van der Waals surface area contributed by atoms with Crippen molar-refractivity contribution >= 4 is 17.3 Å². The van der Waals surface area contributed by atoms with Crippen molar-refractivity contribution in [2.75, 3.05) is 50.0 Å². The third kappa shape index (κ3) is 2.72. The number of piperazine rings is 1. The highest BCUT2D eigenvalue weighted by atomic mass is 16.5. The zero-order valence-electron chi connectivity index (χ0n) is 11.6. The van der Waals surface area contributed by atoms with Crippen LogP contribution in [0.15, 0.2) is 24.3 Å². The third-order valence-corrected chi connectivity index (χ3v) is 4.11. The summed E-state index contributed by atoms with van der Waals surface area (Å²) in [6.45, 7) is 4.60. The molecule has 0 aliphatic carbocycles. The molecule has 2 N–H and O–H groups in total. The van der Waals surface area contributed by atoms with E-state index < -0.39 is 0 Å². The third-order valence-electron chi connectivity index (χ3n) is 4.11. The van der Waals surface area contributed by atoms with E-state index in [2.05, 4.69) is 11.0 Å². The lowest BCUT2D eigenvalue weighted by Crippen LogP contribution is -2.50. The number of hydrogen-bond donors (Lipinski definition) is 1.